The lowest BCUT2D eigenvalue weighted by Crippen LogP contribution is -2.32. The van der Waals surface area contributed by atoms with Gasteiger partial charge in [-0.3, -0.25) is 4.57 Å². The number of aliphatic hydroxyl groups excluding tert-OH is 1. The molecule has 0 spiro atoms. The third kappa shape index (κ3) is 2.14. The molecule has 0 unspecified atom stereocenters. The maximum atomic E-state index is 13.4. The molecule has 1 saturated heterocycles. The minimum absolute atomic E-state index is 0.0581. The molecular formula is C18H17ClF3NO4. The first-order chi connectivity index (χ1) is 12.3. The average Bonchev–Trinajstić information content (AvgIpc) is 3.01. The number of halogens is 4. The molecule has 0 saturated carbocycles. The number of hydrogen-bond donors (Lipinski definition) is 3. The van der Waals surface area contributed by atoms with E-state index < -0.39 is 45.8 Å². The van der Waals surface area contributed by atoms with Gasteiger partial charge in [0.2, 0.25) is 11.8 Å². The third-order valence-corrected chi connectivity index (χ3v) is 6.03. The minimum atomic E-state index is -4.70. The summed E-state index contributed by atoms with van der Waals surface area (Å²) < 4.78 is 47.0. The summed E-state index contributed by atoms with van der Waals surface area (Å²) in [6.07, 6.45) is -5.43. The molecule has 146 valence electrons. The van der Waals surface area contributed by atoms with Gasteiger partial charge in [-0.05, 0) is 38.5 Å². The van der Waals surface area contributed by atoms with E-state index in [-0.39, 0.29) is 28.8 Å². The van der Waals surface area contributed by atoms with Crippen LogP contribution in [-0.2, 0) is 22.1 Å². The predicted octanol–water partition coefficient (Wildman–Crippen LogP) is 4.09. The Balaban J connectivity index is 2.02. The second-order valence-electron chi connectivity index (χ2n) is 7.46. The van der Waals surface area contributed by atoms with Crippen molar-refractivity contribution in [2.75, 3.05) is 0 Å². The molecule has 3 atom stereocenters. The summed E-state index contributed by atoms with van der Waals surface area (Å²) in [6, 6.07) is 2.37. The van der Waals surface area contributed by atoms with Crippen molar-refractivity contribution >= 4 is 11.6 Å². The standard InChI is InChI=1S/C18H17ClF3NO4/c1-7-9(5-4-8(19)11(7)18(20,21)22)23-14(25)12-13(15(23)26)17(3)10(24)6-16(12,2)27-17/h4-5,10,24-26H,6H2,1-3H3/t10-,16+,17-/m1/s1. The van der Waals surface area contributed by atoms with Crippen molar-refractivity contribution in [3.8, 4) is 17.4 Å². The molecule has 1 aromatic heterocycles. The van der Waals surface area contributed by atoms with Gasteiger partial charge in [-0.2, -0.15) is 13.2 Å². The smallest absolute Gasteiger partial charge is 0.418 e. The van der Waals surface area contributed by atoms with Crippen LogP contribution in [0.25, 0.3) is 5.69 Å². The van der Waals surface area contributed by atoms with Gasteiger partial charge in [-0.25, -0.2) is 0 Å². The van der Waals surface area contributed by atoms with Gasteiger partial charge in [0.15, 0.2) is 0 Å². The van der Waals surface area contributed by atoms with Gasteiger partial charge >= 0.3 is 6.18 Å². The molecule has 2 aliphatic rings. The molecule has 0 amide bonds. The highest BCUT2D eigenvalue weighted by Gasteiger charge is 2.64. The highest BCUT2D eigenvalue weighted by atomic mass is 35.5. The number of aliphatic hydroxyl groups is 1. The van der Waals surface area contributed by atoms with E-state index >= 15 is 0 Å². The van der Waals surface area contributed by atoms with E-state index in [0.29, 0.717) is 0 Å². The topological polar surface area (TPSA) is 74.9 Å². The van der Waals surface area contributed by atoms with Crippen LogP contribution in [0.2, 0.25) is 5.02 Å². The Morgan fingerprint density at radius 1 is 1.19 bits per heavy atom. The number of aromatic hydroxyl groups is 2. The molecule has 4 rings (SSSR count). The molecule has 1 aromatic carbocycles. The van der Waals surface area contributed by atoms with Crippen LogP contribution in [0, 0.1) is 6.92 Å². The van der Waals surface area contributed by atoms with Gasteiger partial charge in [0.05, 0.1) is 39.1 Å². The zero-order valence-corrected chi connectivity index (χ0v) is 15.4. The van der Waals surface area contributed by atoms with Crippen molar-refractivity contribution in [3.05, 3.63) is 39.4 Å². The Labute approximate surface area is 157 Å². The SMILES string of the molecule is Cc1c(-n2c(O)c3c(c2O)[C@]2(C)C[C@@H](O)[C@@]3(C)O2)ccc(Cl)c1C(F)(F)F. The molecule has 3 heterocycles. The zero-order chi connectivity index (χ0) is 20.1. The van der Waals surface area contributed by atoms with Crippen LogP contribution in [0.1, 0.15) is 42.5 Å². The highest BCUT2D eigenvalue weighted by Crippen LogP contribution is 2.64. The van der Waals surface area contributed by atoms with E-state index in [1.807, 2.05) is 0 Å². The number of aromatic nitrogens is 1. The molecule has 2 aliphatic heterocycles. The molecule has 9 heteroatoms. The summed E-state index contributed by atoms with van der Waals surface area (Å²) in [4.78, 5) is 0. The van der Waals surface area contributed by atoms with E-state index in [1.54, 1.807) is 13.8 Å². The Bertz CT molecular complexity index is 986. The molecule has 3 N–H and O–H groups in total. The van der Waals surface area contributed by atoms with Crippen LogP contribution in [-0.4, -0.2) is 26.0 Å². The van der Waals surface area contributed by atoms with Crippen molar-refractivity contribution < 1.29 is 33.2 Å². The van der Waals surface area contributed by atoms with E-state index in [0.717, 1.165) is 10.6 Å². The van der Waals surface area contributed by atoms with E-state index in [4.69, 9.17) is 16.3 Å². The van der Waals surface area contributed by atoms with Crippen molar-refractivity contribution in [1.29, 1.82) is 0 Å². The molecule has 27 heavy (non-hydrogen) atoms. The van der Waals surface area contributed by atoms with Crippen LogP contribution in [0.4, 0.5) is 13.2 Å². The Morgan fingerprint density at radius 3 is 2.37 bits per heavy atom. The van der Waals surface area contributed by atoms with Crippen LogP contribution >= 0.6 is 11.6 Å². The van der Waals surface area contributed by atoms with Gasteiger partial charge in [0, 0.05) is 6.42 Å². The third-order valence-electron chi connectivity index (χ3n) is 5.71. The van der Waals surface area contributed by atoms with E-state index in [9.17, 15) is 28.5 Å². The number of nitrogens with zero attached hydrogens (tertiary/aromatic N) is 1. The van der Waals surface area contributed by atoms with Gasteiger partial charge in [0.1, 0.15) is 5.60 Å². The lowest BCUT2D eigenvalue weighted by molar-refractivity contribution is -0.137. The maximum absolute atomic E-state index is 13.4. The lowest BCUT2D eigenvalue weighted by Gasteiger charge is -2.25. The minimum Gasteiger partial charge on any atom is -0.494 e. The van der Waals surface area contributed by atoms with Gasteiger partial charge in [-0.1, -0.05) is 11.6 Å². The van der Waals surface area contributed by atoms with Crippen LogP contribution in [0.15, 0.2) is 12.1 Å². The van der Waals surface area contributed by atoms with E-state index in [1.165, 1.54) is 13.0 Å². The monoisotopic (exact) mass is 403 g/mol. The number of benzene rings is 1. The lowest BCUT2D eigenvalue weighted by atomic mass is 9.78. The van der Waals surface area contributed by atoms with Crippen LogP contribution in [0.3, 0.4) is 0 Å². The van der Waals surface area contributed by atoms with Crippen molar-refractivity contribution in [1.82, 2.24) is 4.57 Å². The summed E-state index contributed by atoms with van der Waals surface area (Å²) in [5.74, 6) is -0.884. The summed E-state index contributed by atoms with van der Waals surface area (Å²) in [5, 5.41) is 31.4. The Morgan fingerprint density at radius 2 is 1.78 bits per heavy atom. The fourth-order valence-corrected chi connectivity index (χ4v) is 4.83. The number of alkyl halides is 3. The number of ether oxygens (including phenoxy) is 1. The number of rotatable bonds is 1. The molecular weight excluding hydrogens is 387 g/mol. The van der Waals surface area contributed by atoms with Crippen LogP contribution in [0.5, 0.6) is 11.8 Å². The number of fused-ring (bicyclic) bond motifs is 5. The highest BCUT2D eigenvalue weighted by molar-refractivity contribution is 6.31. The van der Waals surface area contributed by atoms with E-state index in [2.05, 4.69) is 0 Å². The second-order valence-corrected chi connectivity index (χ2v) is 7.86. The molecule has 5 nitrogen and oxygen atoms in total. The number of hydrogen-bond acceptors (Lipinski definition) is 4. The second kappa shape index (κ2) is 5.12. The van der Waals surface area contributed by atoms with Crippen molar-refractivity contribution in [2.24, 2.45) is 0 Å². The maximum Gasteiger partial charge on any atom is 0.418 e. The van der Waals surface area contributed by atoms with Gasteiger partial charge in [0.25, 0.3) is 0 Å². The predicted molar refractivity (Wildman–Crippen MR) is 90.3 cm³/mol. The average molecular weight is 404 g/mol. The molecule has 0 aliphatic carbocycles. The Kier molecular flexibility index (Phi) is 3.50. The van der Waals surface area contributed by atoms with Crippen molar-refractivity contribution in [3.63, 3.8) is 0 Å². The molecule has 0 radical (unpaired) electrons. The zero-order valence-electron chi connectivity index (χ0n) is 14.6. The Hall–Kier alpha value is -1.90. The van der Waals surface area contributed by atoms with Gasteiger partial charge in [-0.15, -0.1) is 0 Å². The van der Waals surface area contributed by atoms with Crippen LogP contribution < -0.4 is 0 Å². The summed E-state index contributed by atoms with van der Waals surface area (Å²) >= 11 is 5.74. The summed E-state index contributed by atoms with van der Waals surface area (Å²) in [7, 11) is 0. The van der Waals surface area contributed by atoms with Crippen molar-refractivity contribution in [2.45, 2.75) is 50.7 Å². The summed E-state index contributed by atoms with van der Waals surface area (Å²) in [6.45, 7) is 4.46. The first kappa shape index (κ1) is 18.5. The first-order valence-corrected chi connectivity index (χ1v) is 8.63. The fourth-order valence-electron chi connectivity index (χ4n) is 4.52. The normalized spacial score (nSPS) is 29.4. The molecule has 1 fully saturated rings. The largest absolute Gasteiger partial charge is 0.494 e. The first-order valence-electron chi connectivity index (χ1n) is 8.25. The summed E-state index contributed by atoms with van der Waals surface area (Å²) in [5.41, 5.74) is -3.19. The molecule has 2 aromatic rings. The molecule has 2 bridgehead atoms. The fraction of sp³-hybridized carbons (Fsp3) is 0.444. The quantitative estimate of drug-likeness (QED) is 0.670. The van der Waals surface area contributed by atoms with Gasteiger partial charge < -0.3 is 20.1 Å².